The van der Waals surface area contributed by atoms with E-state index in [0.29, 0.717) is 0 Å². The van der Waals surface area contributed by atoms with E-state index in [9.17, 15) is 4.57 Å². The van der Waals surface area contributed by atoms with Gasteiger partial charge in [0, 0.05) is 11.1 Å². The summed E-state index contributed by atoms with van der Waals surface area (Å²) in [5.74, 6) is 0. The van der Waals surface area contributed by atoms with Crippen LogP contribution in [0.4, 0.5) is 0 Å². The van der Waals surface area contributed by atoms with Crippen molar-refractivity contribution in [2.45, 2.75) is 0 Å². The molecule has 0 saturated carbocycles. The molecule has 0 N–H and O–H groups in total. The third-order valence-corrected chi connectivity index (χ3v) is 6.07. The van der Waals surface area contributed by atoms with Gasteiger partial charge in [0.05, 0.1) is 0 Å². The van der Waals surface area contributed by atoms with E-state index in [0.717, 1.165) is 32.9 Å². The van der Waals surface area contributed by atoms with Crippen LogP contribution in [0.1, 0.15) is 0 Å². The molecule has 0 fully saturated rings. The maximum absolute atomic E-state index is 13.6. The summed E-state index contributed by atoms with van der Waals surface area (Å²) in [6.07, 6.45) is 0. The second-order valence-corrected chi connectivity index (χ2v) is 7.61. The molecule has 1 nitrogen and oxygen atoms in total. The van der Waals surface area contributed by atoms with Crippen molar-refractivity contribution >= 4 is 18.4 Å². The Kier molecular flexibility index (Phi) is 4.73. The topological polar surface area (TPSA) is 17.1 Å². The summed E-state index contributed by atoms with van der Waals surface area (Å²) >= 11 is 0. The molecule has 0 heterocycles. The summed E-state index contributed by atoms with van der Waals surface area (Å²) in [5.41, 5.74) is 4.22. The molecule has 0 aliphatic carbocycles. The van der Waals surface area contributed by atoms with E-state index < -0.39 is 7.80 Å². The van der Waals surface area contributed by atoms with Gasteiger partial charge in [-0.3, -0.25) is 0 Å². The zero-order valence-electron chi connectivity index (χ0n) is 14.2. The highest BCUT2D eigenvalue weighted by atomic mass is 31.1. The van der Waals surface area contributed by atoms with Crippen molar-refractivity contribution in [1.29, 1.82) is 0 Å². The van der Waals surface area contributed by atoms with E-state index in [1.165, 1.54) is 0 Å². The lowest BCUT2D eigenvalue weighted by Crippen LogP contribution is -2.11. The highest BCUT2D eigenvalue weighted by Crippen LogP contribution is 2.31. The van der Waals surface area contributed by atoms with Crippen LogP contribution in [0.3, 0.4) is 0 Å². The fourth-order valence-electron chi connectivity index (χ4n) is 3.15. The molecule has 4 rings (SSSR count). The molecule has 26 heavy (non-hydrogen) atoms. The van der Waals surface area contributed by atoms with Gasteiger partial charge in [-0.15, -0.1) is 0 Å². The van der Waals surface area contributed by atoms with Gasteiger partial charge in [0.25, 0.3) is 0 Å². The monoisotopic (exact) mass is 353 g/mol. The van der Waals surface area contributed by atoms with Crippen LogP contribution >= 0.6 is 7.80 Å². The van der Waals surface area contributed by atoms with Crippen molar-refractivity contribution in [3.05, 3.63) is 109 Å². The van der Waals surface area contributed by atoms with Gasteiger partial charge in [-0.1, -0.05) is 89.5 Å². The maximum Gasteiger partial charge on any atom is 0.416 e. The van der Waals surface area contributed by atoms with Gasteiger partial charge in [0.2, 0.25) is 10.6 Å². The van der Waals surface area contributed by atoms with Crippen molar-refractivity contribution in [3.63, 3.8) is 0 Å². The Morgan fingerprint density at radius 1 is 0.423 bits per heavy atom. The number of rotatable bonds is 4. The Morgan fingerprint density at radius 3 is 1.19 bits per heavy atom. The van der Waals surface area contributed by atoms with Crippen LogP contribution < -0.4 is 10.6 Å². The minimum Gasteiger partial charge on any atom is -0.0622 e. The Morgan fingerprint density at radius 2 is 0.769 bits per heavy atom. The van der Waals surface area contributed by atoms with Crippen molar-refractivity contribution in [3.8, 4) is 22.3 Å². The molecule has 0 aromatic heterocycles. The molecule has 0 spiro atoms. The van der Waals surface area contributed by atoms with Gasteiger partial charge in [0.15, 0.2) is 0 Å². The first-order valence-corrected chi connectivity index (χ1v) is 9.87. The third-order valence-electron chi connectivity index (χ3n) is 4.42. The highest BCUT2D eigenvalue weighted by molar-refractivity contribution is 7.62. The van der Waals surface area contributed by atoms with Crippen molar-refractivity contribution in [1.82, 2.24) is 0 Å². The molecule has 0 saturated heterocycles. The number of hydrogen-bond donors (Lipinski definition) is 0. The molecular formula is C24H18OP+. The predicted octanol–water partition coefficient (Wildman–Crippen LogP) is 5.80. The summed E-state index contributed by atoms with van der Waals surface area (Å²) in [6.45, 7) is 0. The van der Waals surface area contributed by atoms with E-state index in [-0.39, 0.29) is 0 Å². The van der Waals surface area contributed by atoms with E-state index >= 15 is 0 Å². The summed E-state index contributed by atoms with van der Waals surface area (Å²) < 4.78 is 13.6. The van der Waals surface area contributed by atoms with Gasteiger partial charge in [-0.05, 0) is 35.4 Å². The lowest BCUT2D eigenvalue weighted by Gasteiger charge is -2.05. The average molecular weight is 353 g/mol. The molecule has 4 aromatic rings. The van der Waals surface area contributed by atoms with E-state index in [1.807, 2.05) is 84.9 Å². The molecule has 0 aliphatic rings. The highest BCUT2D eigenvalue weighted by Gasteiger charge is 2.30. The van der Waals surface area contributed by atoms with Gasteiger partial charge in [-0.2, -0.15) is 0 Å². The van der Waals surface area contributed by atoms with Crippen LogP contribution in [0.15, 0.2) is 109 Å². The van der Waals surface area contributed by atoms with Gasteiger partial charge < -0.3 is 0 Å². The van der Waals surface area contributed by atoms with Crippen LogP contribution in [0.25, 0.3) is 22.3 Å². The summed E-state index contributed by atoms with van der Waals surface area (Å²) in [7, 11) is -1.71. The van der Waals surface area contributed by atoms with Gasteiger partial charge in [-0.25, -0.2) is 0 Å². The zero-order valence-corrected chi connectivity index (χ0v) is 15.1. The van der Waals surface area contributed by atoms with E-state index in [1.54, 1.807) is 0 Å². The standard InChI is InChI=1S/C24H18OP/c25-26(23-17-9-7-15-21(23)19-11-3-1-4-12-19)24-18-10-8-16-22(24)20-13-5-2-6-14-20/h1-18H/q+1. The van der Waals surface area contributed by atoms with E-state index in [2.05, 4.69) is 24.3 Å². The van der Waals surface area contributed by atoms with Crippen molar-refractivity contribution < 1.29 is 4.57 Å². The molecule has 0 bridgehead atoms. The Hall–Kier alpha value is -3.02. The molecule has 0 radical (unpaired) electrons. The smallest absolute Gasteiger partial charge is 0.0622 e. The normalized spacial score (nSPS) is 10.5. The third kappa shape index (κ3) is 3.22. The van der Waals surface area contributed by atoms with Crippen LogP contribution in [0.2, 0.25) is 0 Å². The zero-order chi connectivity index (χ0) is 17.8. The van der Waals surface area contributed by atoms with Crippen molar-refractivity contribution in [2.75, 3.05) is 0 Å². The predicted molar refractivity (Wildman–Crippen MR) is 111 cm³/mol. The summed E-state index contributed by atoms with van der Waals surface area (Å²) in [4.78, 5) is 0. The lowest BCUT2D eigenvalue weighted by molar-refractivity contribution is 0.598. The van der Waals surface area contributed by atoms with Gasteiger partial charge >= 0.3 is 7.80 Å². The first-order valence-electron chi connectivity index (χ1n) is 8.61. The summed E-state index contributed by atoms with van der Waals surface area (Å²) in [6, 6.07) is 36.2. The van der Waals surface area contributed by atoms with E-state index in [4.69, 9.17) is 0 Å². The lowest BCUT2D eigenvalue weighted by atomic mass is 10.1. The van der Waals surface area contributed by atoms with Crippen LogP contribution in [0.5, 0.6) is 0 Å². The molecule has 0 amide bonds. The number of hydrogen-bond acceptors (Lipinski definition) is 1. The Balaban J connectivity index is 1.84. The molecular weight excluding hydrogens is 335 g/mol. The maximum atomic E-state index is 13.6. The molecule has 2 heteroatoms. The van der Waals surface area contributed by atoms with Crippen LogP contribution in [-0.2, 0) is 4.57 Å². The average Bonchev–Trinajstić information content (AvgIpc) is 2.74. The first kappa shape index (κ1) is 16.4. The van der Waals surface area contributed by atoms with Crippen molar-refractivity contribution in [2.24, 2.45) is 0 Å². The summed E-state index contributed by atoms with van der Waals surface area (Å²) in [5, 5.41) is 1.74. The largest absolute Gasteiger partial charge is 0.416 e. The fraction of sp³-hybridized carbons (Fsp3) is 0. The minimum atomic E-state index is -1.71. The molecule has 0 aliphatic heterocycles. The minimum absolute atomic E-state index is 0.872. The number of benzene rings is 4. The first-order chi connectivity index (χ1) is 12.8. The van der Waals surface area contributed by atoms with Crippen LogP contribution in [-0.4, -0.2) is 0 Å². The molecule has 0 unspecified atom stereocenters. The molecule has 124 valence electrons. The van der Waals surface area contributed by atoms with Gasteiger partial charge in [0.1, 0.15) is 0 Å². The molecule has 0 atom stereocenters. The second-order valence-electron chi connectivity index (χ2n) is 6.06. The van der Waals surface area contributed by atoms with Crippen LogP contribution in [0, 0.1) is 0 Å². The quantitative estimate of drug-likeness (QED) is 0.424. The SMILES string of the molecule is O=[P+](c1ccccc1-c1ccccc1)c1ccccc1-c1ccccc1. The second kappa shape index (κ2) is 7.47. The Bertz CT molecular complexity index is 955. The Labute approximate surface area is 154 Å². The fourth-order valence-corrected chi connectivity index (χ4v) is 4.70. The molecule has 4 aromatic carbocycles.